The zero-order valence-electron chi connectivity index (χ0n) is 13.5. The number of likely N-dealkylation sites (tertiary alicyclic amines) is 2. The smallest absolute Gasteiger partial charge is 0.222 e. The van der Waals surface area contributed by atoms with Gasteiger partial charge in [-0.05, 0) is 57.2 Å². The lowest BCUT2D eigenvalue weighted by Gasteiger charge is -2.28. The highest BCUT2D eigenvalue weighted by atomic mass is 16.2. The van der Waals surface area contributed by atoms with E-state index in [0.717, 1.165) is 25.9 Å². The van der Waals surface area contributed by atoms with Crippen molar-refractivity contribution in [2.45, 2.75) is 51.0 Å². The highest BCUT2D eigenvalue weighted by Gasteiger charge is 2.30. The number of amides is 1. The highest BCUT2D eigenvalue weighted by molar-refractivity contribution is 5.76. The van der Waals surface area contributed by atoms with Crippen LogP contribution in [-0.2, 0) is 11.2 Å². The van der Waals surface area contributed by atoms with Crippen LogP contribution in [0.2, 0.25) is 0 Å². The predicted octanol–water partition coefficient (Wildman–Crippen LogP) is 3.10. The minimum Gasteiger partial charge on any atom is -0.338 e. The summed E-state index contributed by atoms with van der Waals surface area (Å²) < 4.78 is 0. The fraction of sp³-hybridized carbons (Fsp3) is 0.632. The monoisotopic (exact) mass is 300 g/mol. The fourth-order valence-electron chi connectivity index (χ4n) is 3.85. The molecule has 1 aromatic rings. The van der Waals surface area contributed by atoms with Crippen LogP contribution in [-0.4, -0.2) is 47.9 Å². The molecule has 0 spiro atoms. The normalized spacial score (nSPS) is 22.4. The van der Waals surface area contributed by atoms with Crippen LogP contribution in [0, 0.1) is 0 Å². The van der Waals surface area contributed by atoms with Gasteiger partial charge in [0.25, 0.3) is 0 Å². The molecule has 0 N–H and O–H groups in total. The molecule has 22 heavy (non-hydrogen) atoms. The molecular formula is C19H28N2O. The zero-order chi connectivity index (χ0) is 15.2. The van der Waals surface area contributed by atoms with Gasteiger partial charge in [0.05, 0.1) is 0 Å². The zero-order valence-corrected chi connectivity index (χ0v) is 13.5. The van der Waals surface area contributed by atoms with Crippen LogP contribution in [0.15, 0.2) is 30.3 Å². The Labute approximate surface area is 134 Å². The van der Waals surface area contributed by atoms with E-state index in [1.165, 1.54) is 44.3 Å². The Bertz CT molecular complexity index is 468. The van der Waals surface area contributed by atoms with Crippen molar-refractivity contribution < 1.29 is 4.79 Å². The van der Waals surface area contributed by atoms with Gasteiger partial charge < -0.3 is 9.80 Å². The molecule has 2 aliphatic rings. The Kier molecular flexibility index (Phi) is 5.49. The van der Waals surface area contributed by atoms with E-state index < -0.39 is 0 Å². The first-order chi connectivity index (χ1) is 10.8. The van der Waals surface area contributed by atoms with Gasteiger partial charge in [-0.1, -0.05) is 30.3 Å². The second-order valence-corrected chi connectivity index (χ2v) is 6.73. The van der Waals surface area contributed by atoms with E-state index in [9.17, 15) is 4.79 Å². The van der Waals surface area contributed by atoms with Gasteiger partial charge in [-0.3, -0.25) is 4.79 Å². The van der Waals surface area contributed by atoms with Crippen LogP contribution in [0.25, 0.3) is 0 Å². The van der Waals surface area contributed by atoms with Gasteiger partial charge in [0.15, 0.2) is 0 Å². The summed E-state index contributed by atoms with van der Waals surface area (Å²) in [5, 5.41) is 0. The van der Waals surface area contributed by atoms with Crippen LogP contribution in [0.1, 0.15) is 44.1 Å². The average Bonchev–Trinajstić information content (AvgIpc) is 3.20. The number of rotatable bonds is 6. The number of nitrogens with zero attached hydrogens (tertiary/aromatic N) is 2. The molecule has 2 fully saturated rings. The summed E-state index contributed by atoms with van der Waals surface area (Å²) in [7, 11) is 0. The average molecular weight is 300 g/mol. The molecule has 1 amide bonds. The van der Waals surface area contributed by atoms with E-state index in [1.54, 1.807) is 0 Å². The molecule has 2 heterocycles. The van der Waals surface area contributed by atoms with Crippen molar-refractivity contribution in [1.82, 2.24) is 9.80 Å². The van der Waals surface area contributed by atoms with E-state index in [2.05, 4.69) is 34.1 Å². The molecule has 2 saturated heterocycles. The number of carbonyl (C=O) groups is 1. The van der Waals surface area contributed by atoms with E-state index >= 15 is 0 Å². The maximum Gasteiger partial charge on any atom is 0.222 e. The molecule has 0 aliphatic carbocycles. The minimum atomic E-state index is 0.373. The van der Waals surface area contributed by atoms with E-state index in [1.807, 2.05) is 6.07 Å². The molecule has 120 valence electrons. The maximum atomic E-state index is 12.5. The topological polar surface area (TPSA) is 23.6 Å². The molecule has 1 aromatic carbocycles. The van der Waals surface area contributed by atoms with Crippen molar-refractivity contribution in [3.8, 4) is 0 Å². The lowest BCUT2D eigenvalue weighted by molar-refractivity contribution is -0.132. The second kappa shape index (κ2) is 7.77. The predicted molar refractivity (Wildman–Crippen MR) is 89.8 cm³/mol. The van der Waals surface area contributed by atoms with Crippen molar-refractivity contribution in [3.63, 3.8) is 0 Å². The van der Waals surface area contributed by atoms with Crippen LogP contribution >= 0.6 is 0 Å². The summed E-state index contributed by atoms with van der Waals surface area (Å²) >= 11 is 0. The molecule has 0 bridgehead atoms. The van der Waals surface area contributed by atoms with Gasteiger partial charge in [0.2, 0.25) is 5.91 Å². The van der Waals surface area contributed by atoms with Crippen molar-refractivity contribution in [2.75, 3.05) is 26.2 Å². The molecule has 3 nitrogen and oxygen atoms in total. The summed E-state index contributed by atoms with van der Waals surface area (Å²) in [4.78, 5) is 17.2. The minimum absolute atomic E-state index is 0.373. The van der Waals surface area contributed by atoms with Gasteiger partial charge in [-0.25, -0.2) is 0 Å². The third-order valence-electron chi connectivity index (χ3n) is 5.06. The highest BCUT2D eigenvalue weighted by Crippen LogP contribution is 2.21. The summed E-state index contributed by atoms with van der Waals surface area (Å²) in [6.07, 6.45) is 7.72. The van der Waals surface area contributed by atoms with Crippen molar-refractivity contribution >= 4 is 5.91 Å². The molecule has 0 radical (unpaired) electrons. The maximum absolute atomic E-state index is 12.5. The van der Waals surface area contributed by atoms with Gasteiger partial charge in [0.1, 0.15) is 0 Å². The third kappa shape index (κ3) is 4.10. The molecule has 0 unspecified atom stereocenters. The molecule has 1 atom stereocenters. The largest absolute Gasteiger partial charge is 0.338 e. The molecule has 3 rings (SSSR count). The molecule has 3 heteroatoms. The Morgan fingerprint density at radius 2 is 1.82 bits per heavy atom. The summed E-state index contributed by atoms with van der Waals surface area (Å²) in [6.45, 7) is 4.53. The van der Waals surface area contributed by atoms with E-state index in [-0.39, 0.29) is 0 Å². The van der Waals surface area contributed by atoms with E-state index in [4.69, 9.17) is 0 Å². The Hall–Kier alpha value is -1.35. The Morgan fingerprint density at radius 1 is 1.05 bits per heavy atom. The quantitative estimate of drug-likeness (QED) is 0.806. The van der Waals surface area contributed by atoms with Gasteiger partial charge >= 0.3 is 0 Å². The first kappa shape index (κ1) is 15.5. The van der Waals surface area contributed by atoms with Crippen LogP contribution in [0.5, 0.6) is 0 Å². The number of hydrogen-bond donors (Lipinski definition) is 0. The van der Waals surface area contributed by atoms with E-state index in [0.29, 0.717) is 18.4 Å². The van der Waals surface area contributed by atoms with Gasteiger partial charge in [0, 0.05) is 25.6 Å². The Morgan fingerprint density at radius 3 is 2.59 bits per heavy atom. The fourth-order valence-corrected chi connectivity index (χ4v) is 3.85. The van der Waals surface area contributed by atoms with Crippen LogP contribution in [0.3, 0.4) is 0 Å². The third-order valence-corrected chi connectivity index (χ3v) is 5.06. The summed E-state index contributed by atoms with van der Waals surface area (Å²) in [6, 6.07) is 11.0. The van der Waals surface area contributed by atoms with Crippen molar-refractivity contribution in [2.24, 2.45) is 0 Å². The van der Waals surface area contributed by atoms with Crippen molar-refractivity contribution in [1.29, 1.82) is 0 Å². The number of carbonyl (C=O) groups excluding carboxylic acids is 1. The molecular weight excluding hydrogens is 272 g/mol. The Balaban J connectivity index is 1.44. The van der Waals surface area contributed by atoms with Crippen molar-refractivity contribution in [3.05, 3.63) is 35.9 Å². The summed E-state index contributed by atoms with van der Waals surface area (Å²) in [5.74, 6) is 0.373. The lowest BCUT2D eigenvalue weighted by Crippen LogP contribution is -2.42. The number of aryl methyl sites for hydroxylation is 1. The first-order valence-electron chi connectivity index (χ1n) is 8.89. The lowest BCUT2D eigenvalue weighted by atomic mass is 10.1. The SMILES string of the molecule is O=C(CCCc1ccccc1)N1CCC[C@H]1CN1CCCC1. The standard InChI is InChI=1S/C19H28N2O/c22-19(12-6-10-17-8-2-1-3-9-17)21-15-7-11-18(21)16-20-13-4-5-14-20/h1-3,8-9,18H,4-7,10-16H2/t18-/m0/s1. The first-order valence-corrected chi connectivity index (χ1v) is 8.89. The van der Waals surface area contributed by atoms with Gasteiger partial charge in [-0.2, -0.15) is 0 Å². The van der Waals surface area contributed by atoms with Gasteiger partial charge in [-0.15, -0.1) is 0 Å². The summed E-state index contributed by atoms with van der Waals surface area (Å²) in [5.41, 5.74) is 1.34. The molecule has 0 saturated carbocycles. The van der Waals surface area contributed by atoms with Crippen LogP contribution in [0.4, 0.5) is 0 Å². The van der Waals surface area contributed by atoms with Crippen LogP contribution < -0.4 is 0 Å². The molecule has 0 aromatic heterocycles. The molecule has 2 aliphatic heterocycles. The number of benzene rings is 1. The second-order valence-electron chi connectivity index (χ2n) is 6.73. The number of hydrogen-bond acceptors (Lipinski definition) is 2.